The van der Waals surface area contributed by atoms with Crippen LogP contribution in [0.25, 0.3) is 0 Å². The highest BCUT2D eigenvalue weighted by Gasteiger charge is 2.15. The molecule has 0 bridgehead atoms. The van der Waals surface area contributed by atoms with Gasteiger partial charge in [-0.2, -0.15) is 0 Å². The van der Waals surface area contributed by atoms with Crippen LogP contribution in [0.3, 0.4) is 0 Å². The number of nitrogens with one attached hydrogen (secondary N) is 1. The molecule has 2 aromatic rings. The average Bonchev–Trinajstić information content (AvgIpc) is 2.47. The number of aromatic carboxylic acids is 1. The van der Waals surface area contributed by atoms with E-state index in [2.05, 4.69) is 5.32 Å². The van der Waals surface area contributed by atoms with E-state index < -0.39 is 5.97 Å². The number of carboxylic acid groups (broad SMARTS) is 1. The fourth-order valence-electron chi connectivity index (χ4n) is 2.28. The summed E-state index contributed by atoms with van der Waals surface area (Å²) in [5.41, 5.74) is 2.79. The molecule has 0 aliphatic heterocycles. The predicted molar refractivity (Wildman–Crippen MR) is 82.9 cm³/mol. The Labute approximate surface area is 124 Å². The van der Waals surface area contributed by atoms with Crippen molar-refractivity contribution in [3.63, 3.8) is 0 Å². The lowest BCUT2D eigenvalue weighted by atomic mass is 10.0. The Morgan fingerprint density at radius 2 is 1.95 bits per heavy atom. The highest BCUT2D eigenvalue weighted by molar-refractivity contribution is 5.89. The zero-order chi connectivity index (χ0) is 15.4. The third-order valence-electron chi connectivity index (χ3n) is 3.53. The van der Waals surface area contributed by atoms with E-state index in [1.165, 1.54) is 0 Å². The molecule has 0 amide bonds. The number of phenols is 1. The molecule has 3 N–H and O–H groups in total. The van der Waals surface area contributed by atoms with Gasteiger partial charge in [-0.1, -0.05) is 31.2 Å². The predicted octanol–water partition coefficient (Wildman–Crippen LogP) is 3.96. The molecule has 0 aliphatic rings. The minimum atomic E-state index is -0.950. The number of rotatable bonds is 5. The van der Waals surface area contributed by atoms with Gasteiger partial charge >= 0.3 is 5.97 Å². The SMILES string of the molecule is CCC(Nc1cc(C(=O)O)ccc1C)c1ccccc1O. The summed E-state index contributed by atoms with van der Waals surface area (Å²) in [5.74, 6) is -0.711. The van der Waals surface area contributed by atoms with Gasteiger partial charge in [-0.25, -0.2) is 4.79 Å². The van der Waals surface area contributed by atoms with E-state index in [1.807, 2.05) is 26.0 Å². The molecule has 0 saturated carbocycles. The van der Waals surface area contributed by atoms with Crippen molar-refractivity contribution in [2.24, 2.45) is 0 Å². The summed E-state index contributed by atoms with van der Waals surface area (Å²) in [4.78, 5) is 11.1. The topological polar surface area (TPSA) is 69.6 Å². The van der Waals surface area contributed by atoms with Crippen molar-refractivity contribution in [1.29, 1.82) is 0 Å². The van der Waals surface area contributed by atoms with Crippen LogP contribution in [0, 0.1) is 6.92 Å². The van der Waals surface area contributed by atoms with Gasteiger partial charge in [0.15, 0.2) is 0 Å². The molecular formula is C17H19NO3. The summed E-state index contributed by atoms with van der Waals surface area (Å²) in [6.45, 7) is 3.94. The van der Waals surface area contributed by atoms with Crippen molar-refractivity contribution in [3.8, 4) is 5.75 Å². The van der Waals surface area contributed by atoms with E-state index in [-0.39, 0.29) is 17.4 Å². The molecule has 0 fully saturated rings. The minimum Gasteiger partial charge on any atom is -0.508 e. The van der Waals surface area contributed by atoms with Crippen LogP contribution < -0.4 is 5.32 Å². The van der Waals surface area contributed by atoms with Gasteiger partial charge in [-0.3, -0.25) is 0 Å². The largest absolute Gasteiger partial charge is 0.508 e. The van der Waals surface area contributed by atoms with Crippen molar-refractivity contribution in [2.75, 3.05) is 5.32 Å². The molecule has 4 heteroatoms. The minimum absolute atomic E-state index is 0.0751. The Bertz CT molecular complexity index is 652. The van der Waals surface area contributed by atoms with Crippen LogP contribution in [0.5, 0.6) is 5.75 Å². The number of aromatic hydroxyl groups is 1. The van der Waals surface area contributed by atoms with Gasteiger partial charge in [-0.15, -0.1) is 0 Å². The number of hydrogen-bond acceptors (Lipinski definition) is 3. The molecule has 0 aliphatic carbocycles. The fourth-order valence-corrected chi connectivity index (χ4v) is 2.28. The van der Waals surface area contributed by atoms with E-state index in [1.54, 1.807) is 30.3 Å². The van der Waals surface area contributed by atoms with Gasteiger partial charge in [0.05, 0.1) is 11.6 Å². The second-order valence-corrected chi connectivity index (χ2v) is 5.00. The monoisotopic (exact) mass is 285 g/mol. The molecule has 4 nitrogen and oxygen atoms in total. The molecule has 1 unspecified atom stereocenters. The van der Waals surface area contributed by atoms with E-state index in [0.29, 0.717) is 0 Å². The average molecular weight is 285 g/mol. The molecule has 1 atom stereocenters. The Morgan fingerprint density at radius 1 is 1.24 bits per heavy atom. The van der Waals surface area contributed by atoms with Crippen molar-refractivity contribution in [2.45, 2.75) is 26.3 Å². The van der Waals surface area contributed by atoms with Crippen LogP contribution >= 0.6 is 0 Å². The van der Waals surface area contributed by atoms with Gasteiger partial charge in [-0.05, 0) is 37.1 Å². The second-order valence-electron chi connectivity index (χ2n) is 5.00. The van der Waals surface area contributed by atoms with Gasteiger partial charge in [0.1, 0.15) is 5.75 Å². The van der Waals surface area contributed by atoms with Crippen molar-refractivity contribution < 1.29 is 15.0 Å². The number of benzene rings is 2. The molecule has 2 aromatic carbocycles. The van der Waals surface area contributed by atoms with E-state index in [9.17, 15) is 9.90 Å². The van der Waals surface area contributed by atoms with Crippen molar-refractivity contribution >= 4 is 11.7 Å². The summed E-state index contributed by atoms with van der Waals surface area (Å²) in [6, 6.07) is 12.1. The first-order valence-electron chi connectivity index (χ1n) is 6.91. The molecule has 0 aromatic heterocycles. The number of phenolic OH excluding ortho intramolecular Hbond substituents is 1. The summed E-state index contributed by atoms with van der Waals surface area (Å²) in [5, 5.41) is 22.4. The Kier molecular flexibility index (Phi) is 4.48. The molecule has 0 saturated heterocycles. The number of para-hydroxylation sites is 1. The van der Waals surface area contributed by atoms with Gasteiger partial charge in [0.2, 0.25) is 0 Å². The lowest BCUT2D eigenvalue weighted by Gasteiger charge is -2.21. The molecule has 0 heterocycles. The van der Waals surface area contributed by atoms with Gasteiger partial charge in [0, 0.05) is 11.3 Å². The highest BCUT2D eigenvalue weighted by Crippen LogP contribution is 2.30. The maximum Gasteiger partial charge on any atom is 0.335 e. The molecule has 110 valence electrons. The van der Waals surface area contributed by atoms with Crippen LogP contribution in [0.1, 0.15) is 40.9 Å². The Balaban J connectivity index is 2.33. The molecule has 0 radical (unpaired) electrons. The van der Waals surface area contributed by atoms with E-state index in [4.69, 9.17) is 5.11 Å². The normalized spacial score (nSPS) is 11.9. The maximum atomic E-state index is 11.1. The second kappa shape index (κ2) is 6.31. The van der Waals surface area contributed by atoms with Crippen LogP contribution in [0.2, 0.25) is 0 Å². The molecular weight excluding hydrogens is 266 g/mol. The first kappa shape index (κ1) is 14.9. The third-order valence-corrected chi connectivity index (χ3v) is 3.53. The van der Waals surface area contributed by atoms with Gasteiger partial charge in [0.25, 0.3) is 0 Å². The van der Waals surface area contributed by atoms with Crippen LogP contribution in [-0.2, 0) is 0 Å². The van der Waals surface area contributed by atoms with Gasteiger partial charge < -0.3 is 15.5 Å². The zero-order valence-electron chi connectivity index (χ0n) is 12.1. The van der Waals surface area contributed by atoms with Crippen LogP contribution in [-0.4, -0.2) is 16.2 Å². The standard InChI is InChI=1S/C17H19NO3/c1-3-14(13-6-4-5-7-16(13)19)18-15-10-12(17(20)21)9-8-11(15)2/h4-10,14,18-19H,3H2,1-2H3,(H,20,21). The molecule has 2 rings (SSSR count). The highest BCUT2D eigenvalue weighted by atomic mass is 16.4. The first-order valence-corrected chi connectivity index (χ1v) is 6.91. The number of anilines is 1. The lowest BCUT2D eigenvalue weighted by molar-refractivity contribution is 0.0697. The Morgan fingerprint density at radius 3 is 2.57 bits per heavy atom. The zero-order valence-corrected chi connectivity index (χ0v) is 12.1. The van der Waals surface area contributed by atoms with Crippen molar-refractivity contribution in [1.82, 2.24) is 0 Å². The summed E-state index contributed by atoms with van der Waals surface area (Å²) in [7, 11) is 0. The molecule has 0 spiro atoms. The fraction of sp³-hybridized carbons (Fsp3) is 0.235. The summed E-state index contributed by atoms with van der Waals surface area (Å²) in [6.07, 6.45) is 0.772. The number of hydrogen-bond donors (Lipinski definition) is 3. The third kappa shape index (κ3) is 3.34. The Hall–Kier alpha value is -2.49. The quantitative estimate of drug-likeness (QED) is 0.777. The number of carbonyl (C=O) groups is 1. The smallest absolute Gasteiger partial charge is 0.335 e. The van der Waals surface area contributed by atoms with Crippen molar-refractivity contribution in [3.05, 3.63) is 59.2 Å². The number of aryl methyl sites for hydroxylation is 1. The summed E-state index contributed by atoms with van der Waals surface area (Å²) < 4.78 is 0. The molecule has 21 heavy (non-hydrogen) atoms. The lowest BCUT2D eigenvalue weighted by Crippen LogP contribution is -2.11. The van der Waals surface area contributed by atoms with Crippen LogP contribution in [0.15, 0.2) is 42.5 Å². The summed E-state index contributed by atoms with van der Waals surface area (Å²) >= 11 is 0. The van der Waals surface area contributed by atoms with E-state index >= 15 is 0 Å². The van der Waals surface area contributed by atoms with E-state index in [0.717, 1.165) is 23.2 Å². The maximum absolute atomic E-state index is 11.1. The first-order chi connectivity index (χ1) is 10.0. The number of carboxylic acids is 1. The van der Waals surface area contributed by atoms with Crippen LogP contribution in [0.4, 0.5) is 5.69 Å².